The highest BCUT2D eigenvalue weighted by molar-refractivity contribution is 6.01. The standard InChI is InChI=1S/C21H22N6O/c1-14-13-28-10-9-27(14)19-11-17(15-5-8-26(2)12-15)16-3-6-22-21(20(16)24-19)18-4-7-23-25-18/h3-8,11-12,14H,9-10,13H2,1-2H3,(H,23,25). The Bertz CT molecular complexity index is 1120. The molecule has 0 spiro atoms. The molecule has 1 N–H and O–H groups in total. The predicted octanol–water partition coefficient (Wildman–Crippen LogP) is 3.25. The van der Waals surface area contributed by atoms with Crippen LogP contribution in [0.2, 0.25) is 0 Å². The number of rotatable bonds is 3. The lowest BCUT2D eigenvalue weighted by molar-refractivity contribution is 0.0986. The first-order chi connectivity index (χ1) is 13.7. The van der Waals surface area contributed by atoms with Gasteiger partial charge in [-0.25, -0.2) is 4.98 Å². The highest BCUT2D eigenvalue weighted by Gasteiger charge is 2.23. The molecular weight excluding hydrogens is 352 g/mol. The van der Waals surface area contributed by atoms with E-state index in [1.807, 2.05) is 25.4 Å². The highest BCUT2D eigenvalue weighted by atomic mass is 16.5. The molecule has 28 heavy (non-hydrogen) atoms. The Balaban J connectivity index is 1.78. The van der Waals surface area contributed by atoms with Crippen molar-refractivity contribution in [3.05, 3.63) is 49.1 Å². The third-order valence-electron chi connectivity index (χ3n) is 5.27. The van der Waals surface area contributed by atoms with Gasteiger partial charge < -0.3 is 14.2 Å². The van der Waals surface area contributed by atoms with E-state index in [0.29, 0.717) is 13.2 Å². The molecule has 1 fully saturated rings. The molecular formula is C21H22N6O. The lowest BCUT2D eigenvalue weighted by Gasteiger charge is -2.34. The average molecular weight is 374 g/mol. The maximum atomic E-state index is 5.62. The maximum absolute atomic E-state index is 5.62. The van der Waals surface area contributed by atoms with E-state index >= 15 is 0 Å². The van der Waals surface area contributed by atoms with Crippen molar-refractivity contribution in [2.45, 2.75) is 13.0 Å². The van der Waals surface area contributed by atoms with Gasteiger partial charge in [-0.2, -0.15) is 5.10 Å². The topological polar surface area (TPSA) is 71.9 Å². The van der Waals surface area contributed by atoms with E-state index in [-0.39, 0.29) is 6.04 Å². The zero-order valence-electron chi connectivity index (χ0n) is 16.0. The van der Waals surface area contributed by atoms with E-state index < -0.39 is 0 Å². The van der Waals surface area contributed by atoms with Crippen molar-refractivity contribution in [2.75, 3.05) is 24.7 Å². The molecule has 0 aliphatic carbocycles. The molecule has 1 aliphatic rings. The minimum Gasteiger partial charge on any atom is -0.377 e. The van der Waals surface area contributed by atoms with Gasteiger partial charge in [0.15, 0.2) is 0 Å². The molecule has 5 heterocycles. The van der Waals surface area contributed by atoms with Gasteiger partial charge in [-0.15, -0.1) is 0 Å². The molecule has 4 aromatic rings. The number of nitrogens with one attached hydrogen (secondary N) is 1. The molecule has 4 aromatic heterocycles. The van der Waals surface area contributed by atoms with Crippen LogP contribution in [-0.2, 0) is 11.8 Å². The number of aryl methyl sites for hydroxylation is 1. The molecule has 5 rings (SSSR count). The molecule has 1 saturated heterocycles. The van der Waals surface area contributed by atoms with Crippen molar-refractivity contribution in [2.24, 2.45) is 7.05 Å². The summed E-state index contributed by atoms with van der Waals surface area (Å²) in [6.45, 7) is 4.42. The molecule has 0 saturated carbocycles. The summed E-state index contributed by atoms with van der Waals surface area (Å²) in [5, 5.41) is 8.20. The quantitative estimate of drug-likeness (QED) is 0.596. The fourth-order valence-corrected chi connectivity index (χ4v) is 3.84. The molecule has 1 atom stereocenters. The number of fused-ring (bicyclic) bond motifs is 1. The van der Waals surface area contributed by atoms with Crippen LogP contribution in [0.25, 0.3) is 33.4 Å². The van der Waals surface area contributed by atoms with Crippen LogP contribution in [0, 0.1) is 0 Å². The molecule has 0 amide bonds. The van der Waals surface area contributed by atoms with Crippen molar-refractivity contribution >= 4 is 16.7 Å². The molecule has 142 valence electrons. The summed E-state index contributed by atoms with van der Waals surface area (Å²) in [4.78, 5) is 12.0. The van der Waals surface area contributed by atoms with E-state index in [1.54, 1.807) is 6.20 Å². The van der Waals surface area contributed by atoms with Crippen LogP contribution in [-0.4, -0.2) is 50.5 Å². The summed E-state index contributed by atoms with van der Waals surface area (Å²) in [5.74, 6) is 0.955. The van der Waals surface area contributed by atoms with E-state index in [9.17, 15) is 0 Å². The summed E-state index contributed by atoms with van der Waals surface area (Å²) in [7, 11) is 2.04. The Morgan fingerprint density at radius 2 is 2.14 bits per heavy atom. The van der Waals surface area contributed by atoms with E-state index in [2.05, 4.69) is 56.1 Å². The molecule has 0 radical (unpaired) electrons. The number of anilines is 1. The van der Waals surface area contributed by atoms with Gasteiger partial charge in [0.05, 0.1) is 24.9 Å². The Hall–Kier alpha value is -3.19. The second-order valence-corrected chi connectivity index (χ2v) is 7.24. The first-order valence-electron chi connectivity index (χ1n) is 9.47. The lowest BCUT2D eigenvalue weighted by atomic mass is 10.0. The van der Waals surface area contributed by atoms with Crippen LogP contribution < -0.4 is 4.90 Å². The zero-order chi connectivity index (χ0) is 19.1. The normalized spacial score (nSPS) is 17.4. The smallest absolute Gasteiger partial charge is 0.130 e. The summed E-state index contributed by atoms with van der Waals surface area (Å²) in [5.41, 5.74) is 4.88. The minimum absolute atomic E-state index is 0.273. The first-order valence-corrected chi connectivity index (χ1v) is 9.47. The van der Waals surface area contributed by atoms with Gasteiger partial charge in [0, 0.05) is 49.3 Å². The summed E-state index contributed by atoms with van der Waals surface area (Å²) < 4.78 is 7.69. The number of aromatic amines is 1. The molecule has 1 aliphatic heterocycles. The first kappa shape index (κ1) is 16.9. The largest absolute Gasteiger partial charge is 0.377 e. The van der Waals surface area contributed by atoms with Crippen molar-refractivity contribution in [3.8, 4) is 22.5 Å². The number of hydrogen-bond donors (Lipinski definition) is 1. The fraction of sp³-hybridized carbons (Fsp3) is 0.286. The molecule has 0 aromatic carbocycles. The van der Waals surface area contributed by atoms with Gasteiger partial charge in [0.2, 0.25) is 0 Å². The monoisotopic (exact) mass is 374 g/mol. The van der Waals surface area contributed by atoms with Gasteiger partial charge in [-0.3, -0.25) is 10.1 Å². The number of morpholine rings is 1. The van der Waals surface area contributed by atoms with E-state index in [4.69, 9.17) is 9.72 Å². The summed E-state index contributed by atoms with van der Waals surface area (Å²) in [6.07, 6.45) is 7.78. The van der Waals surface area contributed by atoms with Crippen LogP contribution in [0.1, 0.15) is 6.92 Å². The number of H-pyrrole nitrogens is 1. The number of hydrogen-bond acceptors (Lipinski definition) is 5. The second-order valence-electron chi connectivity index (χ2n) is 7.24. The zero-order valence-corrected chi connectivity index (χ0v) is 16.0. The number of ether oxygens (including phenoxy) is 1. The van der Waals surface area contributed by atoms with Crippen molar-refractivity contribution in [3.63, 3.8) is 0 Å². The minimum atomic E-state index is 0.273. The van der Waals surface area contributed by atoms with Gasteiger partial charge in [-0.05, 0) is 36.8 Å². The van der Waals surface area contributed by atoms with E-state index in [0.717, 1.165) is 40.2 Å². The Kier molecular flexibility index (Phi) is 4.09. The molecule has 7 nitrogen and oxygen atoms in total. The van der Waals surface area contributed by atoms with Crippen molar-refractivity contribution < 1.29 is 4.74 Å². The Labute approximate surface area is 163 Å². The van der Waals surface area contributed by atoms with Crippen LogP contribution in [0.3, 0.4) is 0 Å². The number of aromatic nitrogens is 5. The SMILES string of the molecule is CC1COCCN1c1cc(-c2ccn(C)c2)c2ccnc(-c3ccn[nH]3)c2n1. The van der Waals surface area contributed by atoms with E-state index in [1.165, 1.54) is 5.56 Å². The lowest BCUT2D eigenvalue weighted by Crippen LogP contribution is -2.44. The average Bonchev–Trinajstić information content (AvgIpc) is 3.39. The Morgan fingerprint density at radius 3 is 2.89 bits per heavy atom. The molecule has 1 unspecified atom stereocenters. The number of nitrogens with zero attached hydrogens (tertiary/aromatic N) is 5. The summed E-state index contributed by atoms with van der Waals surface area (Å²) >= 11 is 0. The highest BCUT2D eigenvalue weighted by Crippen LogP contribution is 2.35. The van der Waals surface area contributed by atoms with Crippen molar-refractivity contribution in [1.29, 1.82) is 0 Å². The third kappa shape index (κ3) is 2.84. The van der Waals surface area contributed by atoms with Gasteiger partial charge in [0.25, 0.3) is 0 Å². The Morgan fingerprint density at radius 1 is 1.21 bits per heavy atom. The third-order valence-corrected chi connectivity index (χ3v) is 5.27. The van der Waals surface area contributed by atoms with Crippen LogP contribution in [0.4, 0.5) is 5.82 Å². The summed E-state index contributed by atoms with van der Waals surface area (Å²) in [6, 6.07) is 8.56. The molecule has 7 heteroatoms. The second kappa shape index (κ2) is 6.76. The predicted molar refractivity (Wildman–Crippen MR) is 109 cm³/mol. The number of pyridine rings is 2. The van der Waals surface area contributed by atoms with Crippen LogP contribution in [0.5, 0.6) is 0 Å². The van der Waals surface area contributed by atoms with Gasteiger partial charge in [0.1, 0.15) is 17.0 Å². The fourth-order valence-electron chi connectivity index (χ4n) is 3.84. The van der Waals surface area contributed by atoms with Crippen molar-refractivity contribution in [1.82, 2.24) is 24.7 Å². The van der Waals surface area contributed by atoms with Gasteiger partial charge >= 0.3 is 0 Å². The van der Waals surface area contributed by atoms with Crippen LogP contribution in [0.15, 0.2) is 49.1 Å². The maximum Gasteiger partial charge on any atom is 0.130 e. The molecule has 0 bridgehead atoms. The van der Waals surface area contributed by atoms with Gasteiger partial charge in [-0.1, -0.05) is 0 Å². The van der Waals surface area contributed by atoms with Crippen LogP contribution >= 0.6 is 0 Å².